The third-order valence-corrected chi connectivity index (χ3v) is 4.75. The number of anilines is 3. The largest absolute Gasteiger partial charge is 0.389 e. The van der Waals surface area contributed by atoms with Crippen molar-refractivity contribution in [2.45, 2.75) is 25.1 Å². The van der Waals surface area contributed by atoms with E-state index in [0.29, 0.717) is 5.69 Å². The number of amides is 1. The first-order valence-corrected chi connectivity index (χ1v) is 9.97. The molecule has 0 saturated heterocycles. The SMILES string of the molecule is NCC(CCC(F)(F)F)Nc1nc(Nc2cncc(-c3ccccc3)c2)c(C(N)=O)cc1F. The van der Waals surface area contributed by atoms with Gasteiger partial charge in [0.05, 0.1) is 17.4 Å². The highest BCUT2D eigenvalue weighted by molar-refractivity contribution is 5.98. The maximum absolute atomic E-state index is 14.5. The van der Waals surface area contributed by atoms with Gasteiger partial charge in [-0.3, -0.25) is 9.78 Å². The Bertz CT molecular complexity index is 1110. The molecule has 2 heterocycles. The number of aromatic nitrogens is 2. The smallest absolute Gasteiger partial charge is 0.365 e. The van der Waals surface area contributed by atoms with Crippen molar-refractivity contribution in [3.8, 4) is 11.1 Å². The lowest BCUT2D eigenvalue weighted by molar-refractivity contribution is -0.135. The van der Waals surface area contributed by atoms with Gasteiger partial charge in [0, 0.05) is 30.8 Å². The molecule has 0 radical (unpaired) electrons. The molecule has 0 bridgehead atoms. The second kappa shape index (κ2) is 10.3. The second-order valence-corrected chi connectivity index (χ2v) is 7.26. The topological polar surface area (TPSA) is 119 Å². The molecule has 3 aromatic rings. The average molecular weight is 462 g/mol. The molecular formula is C22H22F4N6O. The molecule has 3 rings (SSSR count). The van der Waals surface area contributed by atoms with Crippen molar-refractivity contribution in [3.05, 3.63) is 66.2 Å². The lowest BCUT2D eigenvalue weighted by atomic mass is 10.1. The number of benzene rings is 1. The summed E-state index contributed by atoms with van der Waals surface area (Å²) in [5.41, 5.74) is 12.8. The molecule has 1 unspecified atom stereocenters. The van der Waals surface area contributed by atoms with Crippen molar-refractivity contribution in [2.24, 2.45) is 11.5 Å². The Morgan fingerprint density at radius 3 is 2.42 bits per heavy atom. The second-order valence-electron chi connectivity index (χ2n) is 7.26. The van der Waals surface area contributed by atoms with Gasteiger partial charge in [0.25, 0.3) is 5.91 Å². The van der Waals surface area contributed by atoms with E-state index in [0.717, 1.165) is 17.2 Å². The highest BCUT2D eigenvalue weighted by Crippen LogP contribution is 2.28. The standard InChI is InChI=1S/C22H22F4N6O/c23-18-9-17(19(28)33)20(32-21(18)30-15(10-27)6-7-22(24,25)26)31-16-8-14(11-29-12-16)13-4-2-1-3-5-13/h1-5,8-9,11-12,15H,6-7,10,27H2,(H2,28,33)(H2,30,31,32). The Labute approximate surface area is 187 Å². The van der Waals surface area contributed by atoms with E-state index >= 15 is 0 Å². The molecule has 6 N–H and O–H groups in total. The molecule has 33 heavy (non-hydrogen) atoms. The summed E-state index contributed by atoms with van der Waals surface area (Å²) in [6, 6.07) is 11.1. The number of nitrogens with zero attached hydrogens (tertiary/aromatic N) is 2. The molecule has 0 aliphatic carbocycles. The van der Waals surface area contributed by atoms with Crippen molar-refractivity contribution < 1.29 is 22.4 Å². The monoisotopic (exact) mass is 462 g/mol. The van der Waals surface area contributed by atoms with Gasteiger partial charge in [-0.1, -0.05) is 30.3 Å². The van der Waals surface area contributed by atoms with E-state index in [2.05, 4.69) is 20.6 Å². The quantitative estimate of drug-likeness (QED) is 0.354. The van der Waals surface area contributed by atoms with Crippen molar-refractivity contribution in [1.82, 2.24) is 9.97 Å². The number of rotatable bonds is 9. The fraction of sp³-hybridized carbons (Fsp3) is 0.227. The van der Waals surface area contributed by atoms with Crippen molar-refractivity contribution >= 4 is 23.2 Å². The summed E-state index contributed by atoms with van der Waals surface area (Å²) in [6.07, 6.45) is -2.72. The van der Waals surface area contributed by atoms with Crippen LogP contribution in [0.15, 0.2) is 54.9 Å². The van der Waals surface area contributed by atoms with Gasteiger partial charge in [0.15, 0.2) is 11.6 Å². The number of nitrogens with one attached hydrogen (secondary N) is 2. The van der Waals surface area contributed by atoms with Crippen LogP contribution in [0.25, 0.3) is 11.1 Å². The molecule has 11 heteroatoms. The van der Waals surface area contributed by atoms with Gasteiger partial charge in [0.2, 0.25) is 0 Å². The molecule has 1 amide bonds. The molecule has 174 valence electrons. The minimum Gasteiger partial charge on any atom is -0.365 e. The van der Waals surface area contributed by atoms with Crippen molar-refractivity contribution in [1.29, 1.82) is 0 Å². The molecular weight excluding hydrogens is 440 g/mol. The average Bonchev–Trinajstić information content (AvgIpc) is 2.78. The van der Waals surface area contributed by atoms with Gasteiger partial charge in [-0.2, -0.15) is 13.2 Å². The fourth-order valence-electron chi connectivity index (χ4n) is 3.09. The van der Waals surface area contributed by atoms with E-state index in [4.69, 9.17) is 11.5 Å². The zero-order valence-electron chi connectivity index (χ0n) is 17.4. The first-order chi connectivity index (χ1) is 15.7. The number of hydrogen-bond donors (Lipinski definition) is 4. The van der Waals surface area contributed by atoms with Gasteiger partial charge < -0.3 is 22.1 Å². The summed E-state index contributed by atoms with van der Waals surface area (Å²) in [7, 11) is 0. The van der Waals surface area contributed by atoms with Crippen LogP contribution in [-0.2, 0) is 0 Å². The van der Waals surface area contributed by atoms with E-state index in [-0.39, 0.29) is 30.2 Å². The third kappa shape index (κ3) is 6.62. The Morgan fingerprint density at radius 2 is 1.79 bits per heavy atom. The molecule has 2 aromatic heterocycles. The van der Waals surface area contributed by atoms with Gasteiger partial charge in [-0.15, -0.1) is 0 Å². The highest BCUT2D eigenvalue weighted by Gasteiger charge is 2.28. The Kier molecular flexibility index (Phi) is 7.44. The number of carbonyl (C=O) groups excluding carboxylic acids is 1. The fourth-order valence-corrected chi connectivity index (χ4v) is 3.09. The van der Waals surface area contributed by atoms with Crippen LogP contribution >= 0.6 is 0 Å². The first kappa shape index (κ1) is 23.9. The van der Waals surface area contributed by atoms with Crippen LogP contribution in [0, 0.1) is 5.82 Å². The molecule has 0 aliphatic rings. The molecule has 0 fully saturated rings. The van der Waals surface area contributed by atoms with Gasteiger partial charge in [0.1, 0.15) is 5.82 Å². The third-order valence-electron chi connectivity index (χ3n) is 4.75. The van der Waals surface area contributed by atoms with Crippen LogP contribution in [0.4, 0.5) is 34.9 Å². The van der Waals surface area contributed by atoms with E-state index < -0.39 is 30.4 Å². The lowest BCUT2D eigenvalue weighted by Gasteiger charge is -2.20. The first-order valence-electron chi connectivity index (χ1n) is 9.97. The zero-order chi connectivity index (χ0) is 24.0. The van der Waals surface area contributed by atoms with Crippen LogP contribution in [0.3, 0.4) is 0 Å². The number of primary amides is 1. The molecule has 0 saturated carbocycles. The lowest BCUT2D eigenvalue weighted by Crippen LogP contribution is -2.31. The van der Waals surface area contributed by atoms with Gasteiger partial charge in [-0.25, -0.2) is 9.37 Å². The van der Waals surface area contributed by atoms with Crippen molar-refractivity contribution in [3.63, 3.8) is 0 Å². The summed E-state index contributed by atoms with van der Waals surface area (Å²) in [5, 5.41) is 5.47. The van der Waals surface area contributed by atoms with Gasteiger partial charge >= 0.3 is 6.18 Å². The Balaban J connectivity index is 1.89. The number of halogens is 4. The van der Waals surface area contributed by atoms with E-state index in [9.17, 15) is 22.4 Å². The highest BCUT2D eigenvalue weighted by atomic mass is 19.4. The predicted molar refractivity (Wildman–Crippen MR) is 117 cm³/mol. The number of carbonyl (C=O) groups is 1. The Hall–Kier alpha value is -3.73. The van der Waals surface area contributed by atoms with Crippen LogP contribution in [0.1, 0.15) is 23.2 Å². The van der Waals surface area contributed by atoms with E-state index in [1.165, 1.54) is 6.20 Å². The van der Waals surface area contributed by atoms with Gasteiger partial charge in [-0.05, 0) is 24.1 Å². The number of hydrogen-bond acceptors (Lipinski definition) is 6. The molecule has 7 nitrogen and oxygen atoms in total. The summed E-state index contributed by atoms with van der Waals surface area (Å²) in [5.74, 6) is -2.32. The zero-order valence-corrected chi connectivity index (χ0v) is 17.4. The number of nitrogens with two attached hydrogens (primary N) is 2. The molecule has 1 atom stereocenters. The maximum Gasteiger partial charge on any atom is 0.389 e. The Morgan fingerprint density at radius 1 is 1.06 bits per heavy atom. The normalized spacial score (nSPS) is 12.3. The summed E-state index contributed by atoms with van der Waals surface area (Å²) in [4.78, 5) is 20.1. The predicted octanol–water partition coefficient (Wildman–Crippen LogP) is 4.21. The number of alkyl halides is 3. The van der Waals surface area contributed by atoms with E-state index in [1.807, 2.05) is 30.3 Å². The molecule has 0 aliphatic heterocycles. The number of pyridine rings is 2. The van der Waals surface area contributed by atoms with Crippen LogP contribution in [0.2, 0.25) is 0 Å². The minimum absolute atomic E-state index is 0.0787. The van der Waals surface area contributed by atoms with Crippen LogP contribution in [0.5, 0.6) is 0 Å². The molecule has 0 spiro atoms. The summed E-state index contributed by atoms with van der Waals surface area (Å²) >= 11 is 0. The maximum atomic E-state index is 14.5. The summed E-state index contributed by atoms with van der Waals surface area (Å²) < 4.78 is 52.2. The molecule has 1 aromatic carbocycles. The van der Waals surface area contributed by atoms with Crippen LogP contribution < -0.4 is 22.1 Å². The van der Waals surface area contributed by atoms with E-state index in [1.54, 1.807) is 12.3 Å². The van der Waals surface area contributed by atoms with Crippen molar-refractivity contribution in [2.75, 3.05) is 17.2 Å². The van der Waals surface area contributed by atoms with Crippen LogP contribution in [-0.4, -0.2) is 34.6 Å². The minimum atomic E-state index is -4.37. The summed E-state index contributed by atoms with van der Waals surface area (Å²) in [6.45, 7) is -0.180.